The van der Waals surface area contributed by atoms with Crippen LogP contribution >= 0.6 is 11.6 Å². The van der Waals surface area contributed by atoms with E-state index in [1.165, 1.54) is 12.0 Å². The van der Waals surface area contributed by atoms with Crippen LogP contribution < -0.4 is 14.5 Å². The van der Waals surface area contributed by atoms with Crippen molar-refractivity contribution >= 4 is 45.6 Å². The number of aryl methyl sites for hydroxylation is 1. The van der Waals surface area contributed by atoms with E-state index in [1.54, 1.807) is 24.3 Å². The van der Waals surface area contributed by atoms with Gasteiger partial charge in [-0.1, -0.05) is 41.9 Å². The summed E-state index contributed by atoms with van der Waals surface area (Å²) in [6.45, 7) is 1.88. The van der Waals surface area contributed by atoms with Crippen molar-refractivity contribution in [3.63, 3.8) is 0 Å². The van der Waals surface area contributed by atoms with E-state index < -0.39 is 23.5 Å². The summed E-state index contributed by atoms with van der Waals surface area (Å²) in [5, 5.41) is 12.1. The maximum absolute atomic E-state index is 13.9. The van der Waals surface area contributed by atoms with Gasteiger partial charge in [-0.05, 0) is 48.4 Å². The van der Waals surface area contributed by atoms with Crippen molar-refractivity contribution in [1.82, 2.24) is 0 Å². The molecule has 0 saturated heterocycles. The van der Waals surface area contributed by atoms with Crippen molar-refractivity contribution in [2.75, 3.05) is 31.0 Å². The molecule has 1 atom stereocenters. The molecular formula is C29H25ClN2O5. The third-order valence-electron chi connectivity index (χ3n) is 6.54. The fraction of sp³-hybridized carbons (Fsp3) is 0.172. The number of nitrogens with zero attached hydrogens (tertiary/aromatic N) is 2. The maximum Gasteiger partial charge on any atom is 0.294 e. The first-order valence-electron chi connectivity index (χ1n) is 11.6. The molecule has 188 valence electrons. The molecule has 0 saturated carbocycles. The third kappa shape index (κ3) is 4.11. The molecule has 1 aliphatic rings. The van der Waals surface area contributed by atoms with Gasteiger partial charge in [0.1, 0.15) is 0 Å². The number of halogens is 1. The lowest BCUT2D eigenvalue weighted by Crippen LogP contribution is -2.31. The van der Waals surface area contributed by atoms with Crippen molar-refractivity contribution < 1.29 is 23.8 Å². The smallest absolute Gasteiger partial charge is 0.294 e. The third-order valence-corrected chi connectivity index (χ3v) is 6.76. The summed E-state index contributed by atoms with van der Waals surface area (Å²) in [4.78, 5) is 30.8. The number of carbonyl (C=O) groups excluding carboxylic acids is 2. The van der Waals surface area contributed by atoms with Gasteiger partial charge in [0.2, 0.25) is 5.78 Å². The van der Waals surface area contributed by atoms with Crippen LogP contribution in [0.4, 0.5) is 11.4 Å². The molecule has 4 aromatic rings. The fourth-order valence-corrected chi connectivity index (χ4v) is 4.89. The van der Waals surface area contributed by atoms with E-state index in [0.717, 1.165) is 11.3 Å². The lowest BCUT2D eigenvalue weighted by atomic mass is 9.94. The van der Waals surface area contributed by atoms with E-state index in [-0.39, 0.29) is 11.3 Å². The van der Waals surface area contributed by atoms with E-state index in [4.69, 9.17) is 20.8 Å². The maximum atomic E-state index is 13.9. The van der Waals surface area contributed by atoms with Crippen molar-refractivity contribution in [3.8, 4) is 5.75 Å². The van der Waals surface area contributed by atoms with Gasteiger partial charge in [-0.2, -0.15) is 0 Å². The first-order chi connectivity index (χ1) is 17.7. The molecule has 2 heterocycles. The number of aliphatic hydroxyl groups is 1. The predicted octanol–water partition coefficient (Wildman–Crippen LogP) is 6.25. The Kier molecular flexibility index (Phi) is 6.17. The van der Waals surface area contributed by atoms with Crippen LogP contribution in [0, 0.1) is 6.92 Å². The van der Waals surface area contributed by atoms with Crippen molar-refractivity contribution in [1.29, 1.82) is 0 Å². The first kappa shape index (κ1) is 24.5. The molecule has 0 radical (unpaired) electrons. The summed E-state index contributed by atoms with van der Waals surface area (Å²) in [5.41, 5.74) is 3.35. The van der Waals surface area contributed by atoms with Crippen LogP contribution in [0.3, 0.4) is 0 Å². The van der Waals surface area contributed by atoms with Crippen molar-refractivity contribution in [3.05, 3.63) is 100.0 Å². The summed E-state index contributed by atoms with van der Waals surface area (Å²) in [5.74, 6) is -1.53. The lowest BCUT2D eigenvalue weighted by molar-refractivity contribution is -0.117. The zero-order chi connectivity index (χ0) is 26.4. The summed E-state index contributed by atoms with van der Waals surface area (Å²) in [6.07, 6.45) is 0. The number of ketones is 1. The number of Topliss-reactive ketones (excluding diaryl/α,β-unsaturated/α-hetero) is 1. The van der Waals surface area contributed by atoms with Gasteiger partial charge in [0.15, 0.2) is 22.9 Å². The number of para-hydroxylation sites is 1. The molecule has 8 heteroatoms. The van der Waals surface area contributed by atoms with Gasteiger partial charge in [-0.25, -0.2) is 0 Å². The Morgan fingerprint density at radius 1 is 1.08 bits per heavy atom. The Morgan fingerprint density at radius 3 is 2.43 bits per heavy atom. The minimum absolute atomic E-state index is 0.0357. The molecule has 3 aromatic carbocycles. The predicted molar refractivity (Wildman–Crippen MR) is 144 cm³/mol. The highest BCUT2D eigenvalue weighted by molar-refractivity contribution is 6.31. The molecule has 0 aliphatic carbocycles. The second kappa shape index (κ2) is 9.33. The molecule has 0 fully saturated rings. The van der Waals surface area contributed by atoms with Crippen LogP contribution in [0.15, 0.2) is 82.5 Å². The van der Waals surface area contributed by atoms with Crippen LogP contribution in [0.2, 0.25) is 5.02 Å². The second-order valence-electron chi connectivity index (χ2n) is 9.08. The minimum atomic E-state index is -0.865. The summed E-state index contributed by atoms with van der Waals surface area (Å²) in [7, 11) is 5.33. The van der Waals surface area contributed by atoms with Gasteiger partial charge in [0.25, 0.3) is 5.91 Å². The number of methoxy groups -OCH3 is 1. The number of ether oxygens (including phenoxy) is 1. The molecule has 7 nitrogen and oxygen atoms in total. The Bertz CT molecular complexity index is 1570. The number of hydrogen-bond acceptors (Lipinski definition) is 6. The minimum Gasteiger partial charge on any atom is -0.503 e. The molecule has 5 rings (SSSR count). The zero-order valence-corrected chi connectivity index (χ0v) is 21.5. The molecule has 1 aliphatic heterocycles. The molecule has 0 spiro atoms. The van der Waals surface area contributed by atoms with E-state index in [1.807, 2.05) is 68.4 Å². The van der Waals surface area contributed by atoms with Gasteiger partial charge in [0, 0.05) is 41.9 Å². The van der Waals surface area contributed by atoms with Gasteiger partial charge < -0.3 is 19.2 Å². The van der Waals surface area contributed by atoms with E-state index in [2.05, 4.69) is 0 Å². The van der Waals surface area contributed by atoms with Gasteiger partial charge in [-0.15, -0.1) is 0 Å². The number of fused-ring (bicyclic) bond motifs is 1. The topological polar surface area (TPSA) is 83.2 Å². The van der Waals surface area contributed by atoms with Crippen molar-refractivity contribution in [2.45, 2.75) is 13.0 Å². The Labute approximate surface area is 219 Å². The van der Waals surface area contributed by atoms with Gasteiger partial charge in [-0.3, -0.25) is 14.5 Å². The van der Waals surface area contributed by atoms with E-state index >= 15 is 0 Å². The molecule has 1 N–H and O–H groups in total. The van der Waals surface area contributed by atoms with E-state index in [9.17, 15) is 14.7 Å². The number of aliphatic hydroxyl groups excluding tert-OH is 1. The highest BCUT2D eigenvalue weighted by Crippen LogP contribution is 2.44. The average molecular weight is 517 g/mol. The van der Waals surface area contributed by atoms with Crippen LogP contribution in [0.1, 0.15) is 27.7 Å². The quantitative estimate of drug-likeness (QED) is 0.305. The van der Waals surface area contributed by atoms with Gasteiger partial charge >= 0.3 is 0 Å². The molecule has 1 amide bonds. The van der Waals surface area contributed by atoms with E-state index in [0.29, 0.717) is 33.0 Å². The van der Waals surface area contributed by atoms with Crippen molar-refractivity contribution in [2.24, 2.45) is 0 Å². The summed E-state index contributed by atoms with van der Waals surface area (Å²) in [6, 6.07) is 18.8. The first-order valence-corrected chi connectivity index (χ1v) is 12.0. The highest BCUT2D eigenvalue weighted by Gasteiger charge is 2.45. The normalized spacial score (nSPS) is 15.5. The van der Waals surface area contributed by atoms with Crippen LogP contribution in [0.5, 0.6) is 5.75 Å². The number of benzene rings is 3. The summed E-state index contributed by atoms with van der Waals surface area (Å²) < 4.78 is 11.2. The monoisotopic (exact) mass is 516 g/mol. The number of hydrogen-bond donors (Lipinski definition) is 1. The molecule has 0 bridgehead atoms. The fourth-order valence-electron chi connectivity index (χ4n) is 4.67. The Morgan fingerprint density at radius 2 is 1.78 bits per heavy atom. The van der Waals surface area contributed by atoms with Gasteiger partial charge in [0.05, 0.1) is 18.7 Å². The number of carbonyl (C=O) groups is 2. The molecular weight excluding hydrogens is 492 g/mol. The SMILES string of the molecule is COc1cc(Cl)cc2cc(C(=O)C3=C(O)C(=O)N(c4ccccc4C)C3c3ccc(N(C)C)cc3)oc12. The average Bonchev–Trinajstić information content (AvgIpc) is 3.42. The van der Waals surface area contributed by atoms with Crippen LogP contribution in [-0.2, 0) is 4.79 Å². The Balaban J connectivity index is 1.67. The standard InChI is InChI=1S/C29H25ClN2O5/c1-16-7-5-6-8-21(16)32-25(17-9-11-20(12-10-17)31(2)3)24(27(34)29(32)35)26(33)22-14-18-13-19(30)15-23(36-4)28(18)37-22/h5-15,25,34H,1-4H3. The molecule has 1 aromatic heterocycles. The van der Waals surface area contributed by atoms with Crippen LogP contribution in [0.25, 0.3) is 11.0 Å². The largest absolute Gasteiger partial charge is 0.503 e. The lowest BCUT2D eigenvalue weighted by Gasteiger charge is -2.28. The highest BCUT2D eigenvalue weighted by atomic mass is 35.5. The number of anilines is 2. The van der Waals surface area contributed by atoms with Crippen LogP contribution in [-0.4, -0.2) is 38.0 Å². The number of furan rings is 1. The zero-order valence-electron chi connectivity index (χ0n) is 20.8. The second-order valence-corrected chi connectivity index (χ2v) is 9.52. The number of amides is 1. The Hall–Kier alpha value is -4.23. The number of rotatable bonds is 6. The molecule has 37 heavy (non-hydrogen) atoms. The molecule has 1 unspecified atom stereocenters. The summed E-state index contributed by atoms with van der Waals surface area (Å²) >= 11 is 6.19.